The molecule has 1 heterocycles. The molecule has 1 N–H and O–H groups in total. The summed E-state index contributed by atoms with van der Waals surface area (Å²) >= 11 is 0. The highest BCUT2D eigenvalue weighted by Crippen LogP contribution is 2.30. The van der Waals surface area contributed by atoms with Crippen molar-refractivity contribution in [2.45, 2.75) is 51.1 Å². The molecule has 2 aliphatic rings. The van der Waals surface area contributed by atoms with E-state index < -0.39 is 0 Å². The van der Waals surface area contributed by atoms with Gasteiger partial charge in [-0.05, 0) is 43.6 Å². The molecule has 2 aromatic rings. The number of aryl methyl sites for hydroxylation is 1. The highest BCUT2D eigenvalue weighted by molar-refractivity contribution is 5.75. The molecule has 1 saturated carbocycles. The second-order valence-corrected chi connectivity index (χ2v) is 7.73. The van der Waals surface area contributed by atoms with Gasteiger partial charge in [-0.25, -0.2) is 4.79 Å². The molecule has 2 aliphatic carbocycles. The maximum absolute atomic E-state index is 13.1. The molecule has 5 heteroatoms. The molecule has 2 amide bonds. The third-order valence-electron chi connectivity index (χ3n) is 5.88. The van der Waals surface area contributed by atoms with Crippen LogP contribution >= 0.6 is 0 Å². The molecule has 138 valence electrons. The zero-order chi connectivity index (χ0) is 17.9. The van der Waals surface area contributed by atoms with E-state index in [-0.39, 0.29) is 12.1 Å². The quantitative estimate of drug-likeness (QED) is 0.889. The molecule has 5 nitrogen and oxygen atoms in total. The average Bonchev–Trinajstić information content (AvgIpc) is 3.00. The van der Waals surface area contributed by atoms with Gasteiger partial charge in [0.2, 0.25) is 0 Å². The van der Waals surface area contributed by atoms with Gasteiger partial charge in [0.1, 0.15) is 0 Å². The third-order valence-corrected chi connectivity index (χ3v) is 5.88. The number of nitrogens with zero attached hydrogens (tertiary/aromatic N) is 3. The first kappa shape index (κ1) is 17.1. The Kier molecular flexibility index (Phi) is 4.96. The topological polar surface area (TPSA) is 50.2 Å². The monoisotopic (exact) mass is 352 g/mol. The Morgan fingerprint density at radius 3 is 2.77 bits per heavy atom. The molecule has 0 aliphatic heterocycles. The summed E-state index contributed by atoms with van der Waals surface area (Å²) < 4.78 is 1.95. The van der Waals surface area contributed by atoms with Crippen LogP contribution < -0.4 is 5.32 Å². The van der Waals surface area contributed by atoms with Gasteiger partial charge in [-0.15, -0.1) is 0 Å². The molecule has 1 atom stereocenters. The molecule has 0 unspecified atom stereocenters. The number of urea groups is 1. The number of hydrogen-bond donors (Lipinski definition) is 1. The Labute approximate surface area is 155 Å². The summed E-state index contributed by atoms with van der Waals surface area (Å²) in [5.74, 6) is 0.657. The van der Waals surface area contributed by atoms with Crippen LogP contribution in [0, 0.1) is 5.92 Å². The zero-order valence-electron chi connectivity index (χ0n) is 15.5. The van der Waals surface area contributed by atoms with E-state index in [9.17, 15) is 4.79 Å². The van der Waals surface area contributed by atoms with Gasteiger partial charge in [-0.3, -0.25) is 4.68 Å². The van der Waals surface area contributed by atoms with Crippen molar-refractivity contribution in [3.05, 3.63) is 53.3 Å². The molecule has 0 bridgehead atoms. The predicted molar refractivity (Wildman–Crippen MR) is 102 cm³/mol. The molecule has 0 radical (unpaired) electrons. The largest absolute Gasteiger partial charge is 0.331 e. The molecule has 1 aromatic carbocycles. The van der Waals surface area contributed by atoms with Gasteiger partial charge in [0.05, 0.1) is 12.2 Å². The Morgan fingerprint density at radius 2 is 2.04 bits per heavy atom. The molecule has 1 aromatic heterocycles. The van der Waals surface area contributed by atoms with Crippen LogP contribution in [0.2, 0.25) is 0 Å². The first-order chi connectivity index (χ1) is 12.7. The van der Waals surface area contributed by atoms with Crippen LogP contribution in [0.15, 0.2) is 36.5 Å². The van der Waals surface area contributed by atoms with Crippen LogP contribution in [0.5, 0.6) is 0 Å². The van der Waals surface area contributed by atoms with Gasteiger partial charge in [0.15, 0.2) is 0 Å². The summed E-state index contributed by atoms with van der Waals surface area (Å²) in [6.07, 6.45) is 8.85. The molecule has 26 heavy (non-hydrogen) atoms. The van der Waals surface area contributed by atoms with Gasteiger partial charge in [0.25, 0.3) is 0 Å². The Balaban J connectivity index is 1.47. The summed E-state index contributed by atoms with van der Waals surface area (Å²) in [6, 6.07) is 10.4. The fourth-order valence-corrected chi connectivity index (χ4v) is 4.11. The summed E-state index contributed by atoms with van der Waals surface area (Å²) in [7, 11) is 1.99. The second kappa shape index (κ2) is 7.52. The lowest BCUT2D eigenvalue weighted by atomic mass is 9.85. The number of amides is 2. The standard InChI is InChI=1S/C21H28N4O/c1-24-20-12-6-11-19(18(20)13-22-24)23-21(26)25(15-17-9-5-10-17)14-16-7-3-2-4-8-16/h2-4,7-8,13,17,19H,5-6,9-12,14-15H2,1H3,(H,23,26)/t19-/m0/s1. The highest BCUT2D eigenvalue weighted by atomic mass is 16.2. The van der Waals surface area contributed by atoms with E-state index in [0.717, 1.165) is 25.8 Å². The minimum absolute atomic E-state index is 0.0578. The number of rotatable bonds is 5. The van der Waals surface area contributed by atoms with Gasteiger partial charge < -0.3 is 10.2 Å². The van der Waals surface area contributed by atoms with E-state index in [1.165, 1.54) is 36.1 Å². The maximum Gasteiger partial charge on any atom is 0.318 e. The number of nitrogens with one attached hydrogen (secondary N) is 1. The van der Waals surface area contributed by atoms with Gasteiger partial charge in [0, 0.05) is 31.4 Å². The lowest BCUT2D eigenvalue weighted by Gasteiger charge is -2.34. The fraction of sp³-hybridized carbons (Fsp3) is 0.524. The van der Waals surface area contributed by atoms with Crippen LogP contribution in [0.3, 0.4) is 0 Å². The van der Waals surface area contributed by atoms with Crippen LogP contribution in [0.1, 0.15) is 55.0 Å². The molecular formula is C21H28N4O. The van der Waals surface area contributed by atoms with Crippen molar-refractivity contribution in [1.29, 1.82) is 0 Å². The minimum atomic E-state index is 0.0578. The van der Waals surface area contributed by atoms with Crippen LogP contribution in [-0.4, -0.2) is 27.3 Å². The van der Waals surface area contributed by atoms with Gasteiger partial charge >= 0.3 is 6.03 Å². The van der Waals surface area contributed by atoms with Crippen molar-refractivity contribution in [1.82, 2.24) is 20.0 Å². The van der Waals surface area contributed by atoms with E-state index in [1.807, 2.05) is 41.0 Å². The van der Waals surface area contributed by atoms with E-state index in [1.54, 1.807) is 0 Å². The summed E-state index contributed by atoms with van der Waals surface area (Å²) in [5, 5.41) is 7.69. The number of benzene rings is 1. The van der Waals surface area contributed by atoms with E-state index in [4.69, 9.17) is 0 Å². The van der Waals surface area contributed by atoms with Crippen LogP contribution in [0.4, 0.5) is 4.79 Å². The van der Waals surface area contributed by atoms with Crippen molar-refractivity contribution in [3.63, 3.8) is 0 Å². The zero-order valence-corrected chi connectivity index (χ0v) is 15.5. The van der Waals surface area contributed by atoms with Crippen LogP contribution in [0.25, 0.3) is 0 Å². The lowest BCUT2D eigenvalue weighted by Crippen LogP contribution is -2.44. The highest BCUT2D eigenvalue weighted by Gasteiger charge is 2.28. The van der Waals surface area contributed by atoms with E-state index in [0.29, 0.717) is 12.5 Å². The van der Waals surface area contributed by atoms with Crippen molar-refractivity contribution in [3.8, 4) is 0 Å². The maximum atomic E-state index is 13.1. The number of carbonyl (C=O) groups excluding carboxylic acids is 1. The Bertz CT molecular complexity index is 751. The molecule has 0 spiro atoms. The Morgan fingerprint density at radius 1 is 1.23 bits per heavy atom. The number of fused-ring (bicyclic) bond motifs is 1. The summed E-state index contributed by atoms with van der Waals surface area (Å²) in [5.41, 5.74) is 3.64. The van der Waals surface area contributed by atoms with E-state index >= 15 is 0 Å². The SMILES string of the molecule is Cn1ncc2c1CCC[C@@H]2NC(=O)N(Cc1ccccc1)CC1CCC1. The second-order valence-electron chi connectivity index (χ2n) is 7.73. The third kappa shape index (κ3) is 3.62. The van der Waals surface area contributed by atoms with Crippen LogP contribution in [-0.2, 0) is 20.0 Å². The first-order valence-corrected chi connectivity index (χ1v) is 9.81. The smallest absolute Gasteiger partial charge is 0.318 e. The summed E-state index contributed by atoms with van der Waals surface area (Å²) in [6.45, 7) is 1.53. The van der Waals surface area contributed by atoms with Gasteiger partial charge in [-0.2, -0.15) is 5.10 Å². The Hall–Kier alpha value is -2.30. The first-order valence-electron chi connectivity index (χ1n) is 9.81. The molecule has 4 rings (SSSR count). The molecule has 1 fully saturated rings. The number of carbonyl (C=O) groups is 1. The van der Waals surface area contributed by atoms with E-state index in [2.05, 4.69) is 22.5 Å². The number of aromatic nitrogens is 2. The van der Waals surface area contributed by atoms with Crippen molar-refractivity contribution >= 4 is 6.03 Å². The van der Waals surface area contributed by atoms with Crippen molar-refractivity contribution in [2.75, 3.05) is 6.54 Å². The van der Waals surface area contributed by atoms with Crippen molar-refractivity contribution in [2.24, 2.45) is 13.0 Å². The average molecular weight is 352 g/mol. The predicted octanol–water partition coefficient (Wildman–Crippen LogP) is 3.81. The molecule has 0 saturated heterocycles. The lowest BCUT2D eigenvalue weighted by molar-refractivity contribution is 0.160. The summed E-state index contributed by atoms with van der Waals surface area (Å²) in [4.78, 5) is 15.1. The number of hydrogen-bond acceptors (Lipinski definition) is 2. The fourth-order valence-electron chi connectivity index (χ4n) is 4.11. The van der Waals surface area contributed by atoms with Gasteiger partial charge in [-0.1, -0.05) is 36.8 Å². The normalized spacial score (nSPS) is 19.5. The molecular weight excluding hydrogens is 324 g/mol. The van der Waals surface area contributed by atoms with Crippen molar-refractivity contribution < 1.29 is 4.79 Å². The minimum Gasteiger partial charge on any atom is -0.331 e.